The third-order valence-electron chi connectivity index (χ3n) is 7.26. The van der Waals surface area contributed by atoms with E-state index in [0.29, 0.717) is 28.8 Å². The Morgan fingerprint density at radius 2 is 1.43 bits per heavy atom. The number of amides is 2. The first kappa shape index (κ1) is 17.6. The number of imide groups is 1. The maximum atomic E-state index is 13.2. The van der Waals surface area contributed by atoms with Gasteiger partial charge in [-0.05, 0) is 73.4 Å². The Morgan fingerprint density at radius 3 is 2.00 bits per heavy atom. The van der Waals surface area contributed by atoms with Crippen LogP contribution in [0.2, 0.25) is 0 Å². The van der Waals surface area contributed by atoms with E-state index in [1.807, 2.05) is 19.1 Å². The highest BCUT2D eigenvalue weighted by molar-refractivity contribution is 6.22. The van der Waals surface area contributed by atoms with Gasteiger partial charge in [0.15, 0.2) is 0 Å². The van der Waals surface area contributed by atoms with Gasteiger partial charge in [-0.2, -0.15) is 0 Å². The number of allylic oxidation sites excluding steroid dienone is 2. The molecule has 2 amide bonds. The van der Waals surface area contributed by atoms with Crippen LogP contribution >= 0.6 is 0 Å². The molecule has 0 N–H and O–H groups in total. The molecule has 0 spiro atoms. The molecule has 3 fully saturated rings. The number of hydrogen-bond donors (Lipinski definition) is 0. The van der Waals surface area contributed by atoms with Gasteiger partial charge in [0.25, 0.3) is 0 Å². The summed E-state index contributed by atoms with van der Waals surface area (Å²) in [6.45, 7) is 1.95. The predicted molar refractivity (Wildman–Crippen MR) is 110 cm³/mol. The van der Waals surface area contributed by atoms with Crippen LogP contribution in [-0.4, -0.2) is 17.8 Å². The van der Waals surface area contributed by atoms with E-state index in [0.717, 1.165) is 12.0 Å². The fourth-order valence-corrected chi connectivity index (χ4v) is 5.73. The molecule has 4 aliphatic carbocycles. The summed E-state index contributed by atoms with van der Waals surface area (Å²) < 4.78 is 5.43. The number of hydrogen-bond acceptors (Lipinski definition) is 4. The molecule has 2 bridgehead atoms. The lowest BCUT2D eigenvalue weighted by Crippen LogP contribution is -2.40. The minimum Gasteiger partial charge on any atom is -0.423 e. The van der Waals surface area contributed by atoms with Crippen molar-refractivity contribution in [1.82, 2.24) is 0 Å². The van der Waals surface area contributed by atoms with Gasteiger partial charge in [0.2, 0.25) is 11.8 Å². The third-order valence-corrected chi connectivity index (χ3v) is 7.26. The van der Waals surface area contributed by atoms with E-state index in [1.54, 1.807) is 36.4 Å². The Kier molecular flexibility index (Phi) is 3.61. The molecule has 7 rings (SSSR count). The van der Waals surface area contributed by atoms with Gasteiger partial charge in [0, 0.05) is 0 Å². The molecule has 150 valence electrons. The standard InChI is InChI=1S/C25H21NO4/c1-13-2-4-14(5-3-13)25(29)30-16-8-6-15(7-9-16)26-23(27)21-17-10-11-18(20-12-19(17)20)22(21)24(26)28/h2-11,17-22H,12H2,1H3/t17?,18?,19?,20?,21-,22-/m0/s1. The van der Waals surface area contributed by atoms with Gasteiger partial charge in [-0.15, -0.1) is 0 Å². The van der Waals surface area contributed by atoms with Crippen molar-refractivity contribution in [2.45, 2.75) is 13.3 Å². The van der Waals surface area contributed by atoms with Gasteiger partial charge in [-0.1, -0.05) is 29.8 Å². The lowest BCUT2D eigenvalue weighted by molar-refractivity contribution is -0.124. The number of nitrogens with zero attached hydrogens (tertiary/aromatic N) is 1. The number of benzene rings is 2. The molecule has 1 saturated heterocycles. The minimum absolute atomic E-state index is 0.0842. The van der Waals surface area contributed by atoms with Crippen LogP contribution in [0.25, 0.3) is 0 Å². The first-order valence-corrected chi connectivity index (χ1v) is 10.5. The van der Waals surface area contributed by atoms with Crippen LogP contribution in [0.15, 0.2) is 60.7 Å². The lowest BCUT2D eigenvalue weighted by Gasteiger charge is -2.37. The van der Waals surface area contributed by atoms with Crippen molar-refractivity contribution < 1.29 is 19.1 Å². The largest absolute Gasteiger partial charge is 0.423 e. The summed E-state index contributed by atoms with van der Waals surface area (Å²) in [7, 11) is 0. The van der Waals surface area contributed by atoms with Gasteiger partial charge < -0.3 is 4.74 Å². The average molecular weight is 399 g/mol. The zero-order valence-corrected chi connectivity index (χ0v) is 16.5. The second-order valence-electron chi connectivity index (χ2n) is 8.92. The van der Waals surface area contributed by atoms with Gasteiger partial charge in [0.1, 0.15) is 5.75 Å². The molecule has 30 heavy (non-hydrogen) atoms. The Morgan fingerprint density at radius 1 is 0.867 bits per heavy atom. The number of esters is 1. The molecule has 1 aliphatic heterocycles. The molecular weight excluding hydrogens is 378 g/mol. The number of anilines is 1. The molecule has 2 aromatic rings. The summed E-state index contributed by atoms with van der Waals surface area (Å²) in [4.78, 5) is 40.0. The first-order chi connectivity index (χ1) is 14.5. The monoisotopic (exact) mass is 399 g/mol. The Hall–Kier alpha value is -3.21. The second kappa shape index (κ2) is 6.14. The smallest absolute Gasteiger partial charge is 0.343 e. The van der Waals surface area contributed by atoms with Crippen LogP contribution < -0.4 is 9.64 Å². The highest BCUT2D eigenvalue weighted by Gasteiger charge is 2.67. The summed E-state index contributed by atoms with van der Waals surface area (Å²) in [6.07, 6.45) is 5.49. The average Bonchev–Trinajstić information content (AvgIpc) is 3.53. The SMILES string of the molecule is Cc1ccc(C(=O)Oc2ccc(N3C(=O)[C@H]4C5C=CC(C6CC65)[C@@H]4C3=O)cc2)cc1. The van der Waals surface area contributed by atoms with E-state index < -0.39 is 5.97 Å². The Bertz CT molecular complexity index is 1060. The molecule has 0 radical (unpaired) electrons. The zero-order chi connectivity index (χ0) is 20.6. The van der Waals surface area contributed by atoms with E-state index in [-0.39, 0.29) is 35.5 Å². The maximum absolute atomic E-state index is 13.2. The van der Waals surface area contributed by atoms with E-state index in [2.05, 4.69) is 12.2 Å². The summed E-state index contributed by atoms with van der Waals surface area (Å²) in [5.41, 5.74) is 2.08. The fourth-order valence-electron chi connectivity index (χ4n) is 5.73. The molecule has 4 unspecified atom stereocenters. The van der Waals surface area contributed by atoms with Crippen molar-refractivity contribution >= 4 is 23.5 Å². The molecule has 2 aromatic carbocycles. The highest BCUT2D eigenvalue weighted by Crippen LogP contribution is 2.65. The van der Waals surface area contributed by atoms with Gasteiger partial charge >= 0.3 is 5.97 Å². The predicted octanol–water partition coefficient (Wildman–Crippen LogP) is 3.77. The minimum atomic E-state index is -0.441. The van der Waals surface area contributed by atoms with Gasteiger partial charge in [-0.3, -0.25) is 14.5 Å². The molecule has 2 saturated carbocycles. The molecule has 0 aromatic heterocycles. The van der Waals surface area contributed by atoms with Crippen LogP contribution in [0.1, 0.15) is 22.3 Å². The lowest BCUT2D eigenvalue weighted by atomic mass is 9.63. The van der Waals surface area contributed by atoms with E-state index in [1.165, 1.54) is 4.90 Å². The molecular formula is C25H21NO4. The van der Waals surface area contributed by atoms with Crippen LogP contribution in [0.4, 0.5) is 5.69 Å². The van der Waals surface area contributed by atoms with Crippen molar-refractivity contribution in [3.8, 4) is 5.75 Å². The maximum Gasteiger partial charge on any atom is 0.343 e. The number of carbonyl (C=O) groups is 3. The van der Waals surface area contributed by atoms with E-state index in [9.17, 15) is 14.4 Å². The molecule has 5 nitrogen and oxygen atoms in total. The van der Waals surface area contributed by atoms with Crippen molar-refractivity contribution in [2.75, 3.05) is 4.90 Å². The topological polar surface area (TPSA) is 63.7 Å². The molecule has 6 atom stereocenters. The number of carbonyl (C=O) groups excluding carboxylic acids is 3. The summed E-state index contributed by atoms with van der Waals surface area (Å²) in [5.74, 6) is 0.932. The van der Waals surface area contributed by atoms with Crippen molar-refractivity contribution in [2.24, 2.45) is 35.5 Å². The molecule has 1 heterocycles. The molecule has 5 heteroatoms. The first-order valence-electron chi connectivity index (χ1n) is 10.5. The summed E-state index contributed by atoms with van der Waals surface area (Å²) in [5, 5.41) is 0. The molecule has 5 aliphatic rings. The van der Waals surface area contributed by atoms with Crippen LogP contribution in [0.5, 0.6) is 5.75 Å². The highest BCUT2D eigenvalue weighted by atomic mass is 16.5. The summed E-state index contributed by atoms with van der Waals surface area (Å²) in [6, 6.07) is 13.8. The van der Waals surface area contributed by atoms with Crippen molar-refractivity contribution in [1.29, 1.82) is 0 Å². The number of rotatable bonds is 3. The van der Waals surface area contributed by atoms with Crippen LogP contribution in [0, 0.1) is 42.4 Å². The summed E-state index contributed by atoms with van der Waals surface area (Å²) >= 11 is 0. The van der Waals surface area contributed by atoms with Gasteiger partial charge in [-0.25, -0.2) is 4.79 Å². The van der Waals surface area contributed by atoms with Crippen LogP contribution in [-0.2, 0) is 9.59 Å². The van der Waals surface area contributed by atoms with Gasteiger partial charge in [0.05, 0.1) is 23.1 Å². The van der Waals surface area contributed by atoms with Crippen molar-refractivity contribution in [3.63, 3.8) is 0 Å². The quantitative estimate of drug-likeness (QED) is 0.341. The third kappa shape index (κ3) is 2.44. The normalized spacial score (nSPS) is 32.8. The Labute approximate surface area is 174 Å². The van der Waals surface area contributed by atoms with Crippen molar-refractivity contribution in [3.05, 3.63) is 71.8 Å². The van der Waals surface area contributed by atoms with E-state index in [4.69, 9.17) is 4.74 Å². The van der Waals surface area contributed by atoms with Crippen LogP contribution in [0.3, 0.4) is 0 Å². The number of ether oxygens (including phenoxy) is 1. The Balaban J connectivity index is 1.22. The zero-order valence-electron chi connectivity index (χ0n) is 16.5. The van der Waals surface area contributed by atoms with E-state index >= 15 is 0 Å². The fraction of sp³-hybridized carbons (Fsp3) is 0.320. The second-order valence-corrected chi connectivity index (χ2v) is 8.92. The number of aryl methyl sites for hydroxylation is 1.